The molecular weight excluding hydrogens is 378 g/mol. The molecule has 0 heterocycles. The second-order valence-electron chi connectivity index (χ2n) is 9.50. The molecule has 1 unspecified atom stereocenters. The maximum atomic E-state index is 12.9. The molecule has 1 atom stereocenters. The summed E-state index contributed by atoms with van der Waals surface area (Å²) in [7, 11) is 1.61. The molecule has 2 aliphatic carbocycles. The van der Waals surface area contributed by atoms with Gasteiger partial charge in [0.05, 0.1) is 12.9 Å². The highest BCUT2D eigenvalue weighted by Crippen LogP contribution is 2.49. The summed E-state index contributed by atoms with van der Waals surface area (Å²) in [4.78, 5) is 14.7. The number of amides is 2. The van der Waals surface area contributed by atoms with E-state index in [1.165, 1.54) is 0 Å². The Bertz CT molecular complexity index is 833. The van der Waals surface area contributed by atoms with Gasteiger partial charge < -0.3 is 26.2 Å². The summed E-state index contributed by atoms with van der Waals surface area (Å²) >= 11 is 0. The van der Waals surface area contributed by atoms with Crippen LogP contribution in [0.4, 0.5) is 4.79 Å². The number of primary amides is 1. The van der Waals surface area contributed by atoms with Crippen LogP contribution in [0.2, 0.25) is 0 Å². The highest BCUT2D eigenvalue weighted by Gasteiger charge is 2.51. The average Bonchev–Trinajstić information content (AvgIpc) is 2.69. The van der Waals surface area contributed by atoms with Gasteiger partial charge in [-0.05, 0) is 48.3 Å². The first-order valence-corrected chi connectivity index (χ1v) is 10.7. The number of urea groups is 1. The van der Waals surface area contributed by atoms with E-state index in [1.807, 2.05) is 57.2 Å². The number of aliphatic hydroxyl groups excluding tert-OH is 1. The second kappa shape index (κ2) is 8.34. The minimum absolute atomic E-state index is 0.0787. The molecule has 0 radical (unpaired) electrons. The normalized spacial score (nSPS) is 27.4. The van der Waals surface area contributed by atoms with Crippen molar-refractivity contribution in [2.75, 3.05) is 7.11 Å². The van der Waals surface area contributed by atoms with Gasteiger partial charge >= 0.3 is 6.03 Å². The summed E-state index contributed by atoms with van der Waals surface area (Å²) in [6, 6.07) is 9.27. The number of carbonyl (C=O) groups is 1. The molecule has 0 aliphatic heterocycles. The van der Waals surface area contributed by atoms with E-state index >= 15 is 0 Å². The predicted octanol–water partition coefficient (Wildman–Crippen LogP) is 4.32. The fourth-order valence-corrected chi connectivity index (χ4v) is 4.98. The number of rotatable bonds is 4. The number of hydrogen-bond acceptors (Lipinski definition) is 4. The molecular formula is C24H35N3O3. The number of aliphatic hydroxyl groups is 1. The van der Waals surface area contributed by atoms with E-state index in [0.717, 1.165) is 36.8 Å². The summed E-state index contributed by atoms with van der Waals surface area (Å²) in [5.41, 5.74) is 12.5. The van der Waals surface area contributed by atoms with E-state index in [9.17, 15) is 9.90 Å². The van der Waals surface area contributed by atoms with E-state index in [4.69, 9.17) is 16.2 Å². The van der Waals surface area contributed by atoms with Crippen molar-refractivity contribution in [3.05, 3.63) is 59.1 Å². The summed E-state index contributed by atoms with van der Waals surface area (Å²) in [6.45, 7) is 6.14. The summed E-state index contributed by atoms with van der Waals surface area (Å²) in [6.07, 6.45) is 5.31. The van der Waals surface area contributed by atoms with Crippen LogP contribution in [-0.4, -0.2) is 35.2 Å². The molecule has 6 nitrogen and oxygen atoms in total. The first-order chi connectivity index (χ1) is 14.1. The zero-order valence-electron chi connectivity index (χ0n) is 18.5. The minimum Gasteiger partial charge on any atom is -0.512 e. The molecule has 1 aromatic carbocycles. The van der Waals surface area contributed by atoms with Crippen LogP contribution in [-0.2, 0) is 10.3 Å². The zero-order chi connectivity index (χ0) is 22.1. The van der Waals surface area contributed by atoms with Gasteiger partial charge in [0.25, 0.3) is 0 Å². The van der Waals surface area contributed by atoms with Crippen molar-refractivity contribution in [3.8, 4) is 0 Å². The van der Waals surface area contributed by atoms with Crippen LogP contribution in [0.25, 0.3) is 0 Å². The summed E-state index contributed by atoms with van der Waals surface area (Å²) < 4.78 is 5.92. The summed E-state index contributed by atoms with van der Waals surface area (Å²) in [5.74, 6) is 0.871. The van der Waals surface area contributed by atoms with Gasteiger partial charge in [-0.25, -0.2) is 4.79 Å². The van der Waals surface area contributed by atoms with Crippen molar-refractivity contribution < 1.29 is 14.6 Å². The van der Waals surface area contributed by atoms with Crippen LogP contribution in [0.1, 0.15) is 58.4 Å². The Labute approximate surface area is 179 Å². The lowest BCUT2D eigenvalue weighted by Crippen LogP contribution is -2.59. The van der Waals surface area contributed by atoms with Gasteiger partial charge in [-0.1, -0.05) is 51.1 Å². The average molecular weight is 414 g/mol. The monoisotopic (exact) mass is 413 g/mol. The van der Waals surface area contributed by atoms with Crippen LogP contribution in [0.15, 0.2) is 53.5 Å². The quantitative estimate of drug-likeness (QED) is 0.684. The lowest BCUT2D eigenvalue weighted by Gasteiger charge is -2.50. The molecule has 3 rings (SSSR count). The van der Waals surface area contributed by atoms with E-state index in [0.29, 0.717) is 5.76 Å². The minimum atomic E-state index is -1.01. The number of hydrogen-bond donors (Lipinski definition) is 3. The Kier molecular flexibility index (Phi) is 6.18. The molecule has 6 heteroatoms. The number of benzene rings is 1. The van der Waals surface area contributed by atoms with Gasteiger partial charge in [-0.3, -0.25) is 0 Å². The van der Waals surface area contributed by atoms with E-state index in [2.05, 4.69) is 0 Å². The number of nitrogens with two attached hydrogens (primary N) is 2. The van der Waals surface area contributed by atoms with Crippen LogP contribution < -0.4 is 11.5 Å². The number of nitrogens with zero attached hydrogens (tertiary/aromatic N) is 1. The first kappa shape index (κ1) is 22.2. The van der Waals surface area contributed by atoms with Crippen LogP contribution in [0, 0.1) is 5.41 Å². The van der Waals surface area contributed by atoms with Gasteiger partial charge in [0.1, 0.15) is 11.3 Å². The van der Waals surface area contributed by atoms with Crippen molar-refractivity contribution in [2.45, 2.75) is 70.5 Å². The molecule has 5 N–H and O–H groups in total. The van der Waals surface area contributed by atoms with Gasteiger partial charge in [0.2, 0.25) is 0 Å². The molecule has 0 aromatic heterocycles. The fraction of sp³-hybridized carbons (Fsp3) is 0.542. The van der Waals surface area contributed by atoms with Crippen molar-refractivity contribution in [2.24, 2.45) is 16.9 Å². The molecule has 1 saturated carbocycles. The van der Waals surface area contributed by atoms with Gasteiger partial charge in [-0.15, -0.1) is 0 Å². The topological polar surface area (TPSA) is 102 Å². The Morgan fingerprint density at radius 2 is 1.77 bits per heavy atom. The van der Waals surface area contributed by atoms with Crippen LogP contribution >= 0.6 is 0 Å². The maximum Gasteiger partial charge on any atom is 0.316 e. The molecule has 1 aromatic rings. The van der Waals surface area contributed by atoms with Gasteiger partial charge in [0.15, 0.2) is 0 Å². The smallest absolute Gasteiger partial charge is 0.316 e. The van der Waals surface area contributed by atoms with Crippen LogP contribution in [0.5, 0.6) is 0 Å². The molecule has 2 amide bonds. The maximum absolute atomic E-state index is 12.9. The SMILES string of the molecule is COC1=CC(C(C)(C)C)=C(O)CC1(c1ccccc1)N(C(N)=O)C1CCC(N)CC1. The lowest BCUT2D eigenvalue weighted by molar-refractivity contribution is 0.0334. The first-order valence-electron chi connectivity index (χ1n) is 10.7. The number of allylic oxidation sites excluding steroid dienone is 2. The zero-order valence-corrected chi connectivity index (χ0v) is 18.5. The standard InChI is InChI=1S/C24H35N3O3/c1-23(2,3)19-14-21(30-4)24(15-20(19)28,16-8-6-5-7-9-16)27(22(26)29)18-12-10-17(25)11-13-18/h5-9,14,17-18,28H,10-13,15,25H2,1-4H3,(H2,26,29). The molecule has 0 bridgehead atoms. The Balaban J connectivity index is 2.21. The molecule has 1 fully saturated rings. The van der Waals surface area contributed by atoms with Crippen molar-refractivity contribution in [1.29, 1.82) is 0 Å². The summed E-state index contributed by atoms with van der Waals surface area (Å²) in [5, 5.41) is 11.2. The van der Waals surface area contributed by atoms with Crippen LogP contribution in [0.3, 0.4) is 0 Å². The van der Waals surface area contributed by atoms with E-state index in [-0.39, 0.29) is 29.7 Å². The molecule has 164 valence electrons. The van der Waals surface area contributed by atoms with Crippen molar-refractivity contribution >= 4 is 6.03 Å². The predicted molar refractivity (Wildman–Crippen MR) is 119 cm³/mol. The lowest BCUT2D eigenvalue weighted by atomic mass is 9.72. The largest absolute Gasteiger partial charge is 0.512 e. The number of methoxy groups -OCH3 is 1. The second-order valence-corrected chi connectivity index (χ2v) is 9.50. The van der Waals surface area contributed by atoms with Gasteiger partial charge in [-0.2, -0.15) is 0 Å². The highest BCUT2D eigenvalue weighted by molar-refractivity contribution is 5.75. The van der Waals surface area contributed by atoms with E-state index < -0.39 is 11.6 Å². The molecule has 2 aliphatic rings. The highest BCUT2D eigenvalue weighted by atomic mass is 16.5. The third-order valence-electron chi connectivity index (χ3n) is 6.45. The number of ether oxygens (including phenoxy) is 1. The van der Waals surface area contributed by atoms with Crippen molar-refractivity contribution in [1.82, 2.24) is 4.90 Å². The Morgan fingerprint density at radius 3 is 2.27 bits per heavy atom. The van der Waals surface area contributed by atoms with E-state index in [1.54, 1.807) is 12.0 Å². The molecule has 0 spiro atoms. The molecule has 30 heavy (non-hydrogen) atoms. The third kappa shape index (κ3) is 3.93. The Morgan fingerprint density at radius 1 is 1.17 bits per heavy atom. The molecule has 0 saturated heterocycles. The Hall–Kier alpha value is -2.47. The van der Waals surface area contributed by atoms with Gasteiger partial charge in [0, 0.05) is 18.5 Å². The third-order valence-corrected chi connectivity index (χ3v) is 6.45. The number of carbonyl (C=O) groups excluding carboxylic acids is 1. The van der Waals surface area contributed by atoms with Crippen molar-refractivity contribution in [3.63, 3.8) is 0 Å². The fourth-order valence-electron chi connectivity index (χ4n) is 4.98.